The standard InChI is InChI=1S/C27H45N3O4/c1-12-19(5)21(29-25(33)34-27(9,10)11)24(32)30(26(6,7)8)22(23(31)28-17(2)3)20-15-13-14-18(4)16-20/h13-17,19,21-22H,12H2,1-11H3,(H,28,31)(H,29,33). The van der Waals surface area contributed by atoms with Gasteiger partial charge in [0.1, 0.15) is 17.7 Å². The summed E-state index contributed by atoms with van der Waals surface area (Å²) in [7, 11) is 0. The first-order valence-electron chi connectivity index (χ1n) is 12.2. The number of nitrogens with zero attached hydrogens (tertiary/aromatic N) is 1. The topological polar surface area (TPSA) is 87.7 Å². The van der Waals surface area contributed by atoms with Crippen LogP contribution in [-0.4, -0.2) is 46.0 Å². The van der Waals surface area contributed by atoms with Crippen LogP contribution in [0.15, 0.2) is 24.3 Å². The highest BCUT2D eigenvalue weighted by Gasteiger charge is 2.43. The zero-order valence-corrected chi connectivity index (χ0v) is 22.9. The number of nitrogens with one attached hydrogen (secondary N) is 2. The molecule has 0 aliphatic heterocycles. The van der Waals surface area contributed by atoms with Gasteiger partial charge in [0.05, 0.1) is 0 Å². The molecule has 1 rings (SSSR count). The zero-order chi connectivity index (χ0) is 26.4. The number of rotatable bonds is 8. The Morgan fingerprint density at radius 1 is 1.00 bits per heavy atom. The minimum absolute atomic E-state index is 0.0954. The second kappa shape index (κ2) is 11.7. The quantitative estimate of drug-likeness (QED) is 0.546. The Labute approximate surface area is 206 Å². The fraction of sp³-hybridized carbons (Fsp3) is 0.667. The minimum Gasteiger partial charge on any atom is -0.444 e. The van der Waals surface area contributed by atoms with Gasteiger partial charge in [-0.15, -0.1) is 0 Å². The molecule has 3 atom stereocenters. The molecule has 0 bridgehead atoms. The van der Waals surface area contributed by atoms with Gasteiger partial charge in [0.25, 0.3) is 0 Å². The van der Waals surface area contributed by atoms with Gasteiger partial charge >= 0.3 is 6.09 Å². The van der Waals surface area contributed by atoms with Gasteiger partial charge in [-0.1, -0.05) is 50.1 Å². The predicted molar refractivity (Wildman–Crippen MR) is 136 cm³/mol. The van der Waals surface area contributed by atoms with E-state index in [0.717, 1.165) is 11.1 Å². The Hall–Kier alpha value is -2.57. The first kappa shape index (κ1) is 29.5. The molecule has 2 N–H and O–H groups in total. The lowest BCUT2D eigenvalue weighted by Crippen LogP contribution is -2.60. The number of carbonyl (C=O) groups excluding carboxylic acids is 3. The third-order valence-corrected chi connectivity index (χ3v) is 5.41. The van der Waals surface area contributed by atoms with Crippen molar-refractivity contribution in [3.63, 3.8) is 0 Å². The van der Waals surface area contributed by atoms with E-state index >= 15 is 0 Å². The second-order valence-corrected chi connectivity index (χ2v) is 11.4. The highest BCUT2D eigenvalue weighted by atomic mass is 16.6. The van der Waals surface area contributed by atoms with Crippen molar-refractivity contribution >= 4 is 17.9 Å². The van der Waals surface area contributed by atoms with E-state index < -0.39 is 29.3 Å². The van der Waals surface area contributed by atoms with Crippen LogP contribution in [-0.2, 0) is 14.3 Å². The van der Waals surface area contributed by atoms with Gasteiger partial charge in [-0.05, 0) is 73.8 Å². The number of hydrogen-bond donors (Lipinski definition) is 2. The minimum atomic E-state index is -0.859. The Morgan fingerprint density at radius 3 is 2.03 bits per heavy atom. The molecular formula is C27H45N3O4. The molecule has 3 amide bonds. The molecule has 1 aromatic rings. The number of aryl methyl sites for hydroxylation is 1. The molecule has 0 fully saturated rings. The first-order chi connectivity index (χ1) is 15.5. The lowest BCUT2D eigenvalue weighted by atomic mass is 9.91. The number of benzene rings is 1. The Morgan fingerprint density at radius 2 is 1.59 bits per heavy atom. The van der Waals surface area contributed by atoms with E-state index in [4.69, 9.17) is 4.74 Å². The molecule has 0 aliphatic carbocycles. The Bertz CT molecular complexity index is 852. The van der Waals surface area contributed by atoms with E-state index in [1.807, 2.05) is 79.7 Å². The van der Waals surface area contributed by atoms with Gasteiger partial charge in [0.2, 0.25) is 11.8 Å². The molecule has 0 aliphatic rings. The third-order valence-electron chi connectivity index (χ3n) is 5.41. The molecule has 0 saturated heterocycles. The summed E-state index contributed by atoms with van der Waals surface area (Å²) in [6.07, 6.45) is 0.0102. The number of carbonyl (C=O) groups is 3. The van der Waals surface area contributed by atoms with Crippen LogP contribution in [0.25, 0.3) is 0 Å². The summed E-state index contributed by atoms with van der Waals surface area (Å²) >= 11 is 0. The van der Waals surface area contributed by atoms with Crippen LogP contribution in [0.4, 0.5) is 4.79 Å². The molecule has 7 heteroatoms. The number of alkyl carbamates (subject to hydrolysis) is 1. The third kappa shape index (κ3) is 8.65. The SMILES string of the molecule is CCC(C)C(NC(=O)OC(C)(C)C)C(=O)N(C(C(=O)NC(C)C)c1cccc(C)c1)C(C)(C)C. The Kier molecular flexibility index (Phi) is 10.2. The van der Waals surface area contributed by atoms with E-state index in [1.165, 1.54) is 0 Å². The highest BCUT2D eigenvalue weighted by Crippen LogP contribution is 2.31. The summed E-state index contributed by atoms with van der Waals surface area (Å²) in [4.78, 5) is 41.9. The van der Waals surface area contributed by atoms with Gasteiger partial charge in [0.15, 0.2) is 0 Å². The maximum atomic E-state index is 14.2. The molecule has 7 nitrogen and oxygen atoms in total. The van der Waals surface area contributed by atoms with E-state index in [2.05, 4.69) is 10.6 Å². The number of ether oxygens (including phenoxy) is 1. The molecule has 192 valence electrons. The summed E-state index contributed by atoms with van der Waals surface area (Å²) in [5, 5.41) is 5.77. The number of hydrogen-bond acceptors (Lipinski definition) is 4. The largest absolute Gasteiger partial charge is 0.444 e. The van der Waals surface area contributed by atoms with Crippen molar-refractivity contribution in [2.24, 2.45) is 5.92 Å². The highest BCUT2D eigenvalue weighted by molar-refractivity contribution is 5.93. The van der Waals surface area contributed by atoms with Crippen molar-refractivity contribution < 1.29 is 19.1 Å². The molecule has 0 spiro atoms. The maximum Gasteiger partial charge on any atom is 0.408 e. The van der Waals surface area contributed by atoms with Gasteiger partial charge in [0, 0.05) is 11.6 Å². The van der Waals surface area contributed by atoms with E-state index in [1.54, 1.807) is 25.7 Å². The van der Waals surface area contributed by atoms with Gasteiger partial charge in [-0.2, -0.15) is 0 Å². The molecule has 0 saturated carbocycles. The molecule has 0 radical (unpaired) electrons. The fourth-order valence-electron chi connectivity index (χ4n) is 3.73. The average molecular weight is 476 g/mol. The van der Waals surface area contributed by atoms with Crippen LogP contribution >= 0.6 is 0 Å². The van der Waals surface area contributed by atoms with Crippen LogP contribution in [0.2, 0.25) is 0 Å². The lowest BCUT2D eigenvalue weighted by molar-refractivity contribution is -0.149. The van der Waals surface area contributed by atoms with Crippen LogP contribution in [0.5, 0.6) is 0 Å². The summed E-state index contributed by atoms with van der Waals surface area (Å²) in [6, 6.07) is 5.83. The average Bonchev–Trinajstić information content (AvgIpc) is 2.66. The smallest absolute Gasteiger partial charge is 0.408 e. The van der Waals surface area contributed by atoms with Crippen molar-refractivity contribution in [2.45, 2.75) is 112 Å². The van der Waals surface area contributed by atoms with Crippen molar-refractivity contribution in [2.75, 3.05) is 0 Å². The molecule has 0 heterocycles. The molecule has 3 unspecified atom stereocenters. The van der Waals surface area contributed by atoms with Gasteiger partial charge < -0.3 is 20.3 Å². The lowest BCUT2D eigenvalue weighted by Gasteiger charge is -2.44. The van der Waals surface area contributed by atoms with Crippen molar-refractivity contribution in [1.82, 2.24) is 15.5 Å². The van der Waals surface area contributed by atoms with E-state index in [0.29, 0.717) is 6.42 Å². The molecular weight excluding hydrogens is 430 g/mol. The molecule has 1 aromatic carbocycles. The van der Waals surface area contributed by atoms with Crippen molar-refractivity contribution in [3.05, 3.63) is 35.4 Å². The van der Waals surface area contributed by atoms with Gasteiger partial charge in [-0.3, -0.25) is 9.59 Å². The van der Waals surface area contributed by atoms with Crippen LogP contribution in [0.1, 0.15) is 92.8 Å². The van der Waals surface area contributed by atoms with Crippen molar-refractivity contribution in [3.8, 4) is 0 Å². The monoisotopic (exact) mass is 475 g/mol. The summed E-state index contributed by atoms with van der Waals surface area (Å²) in [5.41, 5.74) is 0.312. The summed E-state index contributed by atoms with van der Waals surface area (Å²) < 4.78 is 5.44. The maximum absolute atomic E-state index is 14.2. The second-order valence-electron chi connectivity index (χ2n) is 11.4. The number of amides is 3. The normalized spacial score (nSPS) is 14.7. The molecule has 34 heavy (non-hydrogen) atoms. The zero-order valence-electron chi connectivity index (χ0n) is 22.9. The van der Waals surface area contributed by atoms with Crippen LogP contribution < -0.4 is 10.6 Å². The van der Waals surface area contributed by atoms with Crippen LogP contribution in [0.3, 0.4) is 0 Å². The van der Waals surface area contributed by atoms with E-state index in [9.17, 15) is 14.4 Å². The molecule has 0 aromatic heterocycles. The van der Waals surface area contributed by atoms with Crippen LogP contribution in [0, 0.1) is 12.8 Å². The fourth-order valence-corrected chi connectivity index (χ4v) is 3.73. The Balaban J connectivity index is 3.59. The summed E-state index contributed by atoms with van der Waals surface area (Å²) in [5.74, 6) is -0.752. The predicted octanol–water partition coefficient (Wildman–Crippen LogP) is 5.13. The van der Waals surface area contributed by atoms with Gasteiger partial charge in [-0.25, -0.2) is 4.79 Å². The summed E-state index contributed by atoms with van der Waals surface area (Å²) in [6.45, 7) is 20.6. The first-order valence-corrected chi connectivity index (χ1v) is 12.2. The van der Waals surface area contributed by atoms with Crippen molar-refractivity contribution in [1.29, 1.82) is 0 Å². The van der Waals surface area contributed by atoms with E-state index in [-0.39, 0.29) is 23.8 Å².